The van der Waals surface area contributed by atoms with Gasteiger partial charge < -0.3 is 15.5 Å². The lowest BCUT2D eigenvalue weighted by Gasteiger charge is -2.37. The van der Waals surface area contributed by atoms with Gasteiger partial charge in [0.05, 0.1) is 5.92 Å². The molecule has 0 aliphatic carbocycles. The van der Waals surface area contributed by atoms with E-state index in [9.17, 15) is 4.79 Å². The maximum Gasteiger partial charge on any atom is 0.227 e. The van der Waals surface area contributed by atoms with Gasteiger partial charge >= 0.3 is 0 Å². The van der Waals surface area contributed by atoms with Crippen molar-refractivity contribution in [2.45, 2.75) is 19.8 Å². The number of nitrogens with zero attached hydrogens (tertiary/aromatic N) is 2. The number of hydrogen-bond acceptors (Lipinski definition) is 3. The minimum atomic E-state index is 0.229. The van der Waals surface area contributed by atoms with Crippen molar-refractivity contribution in [2.75, 3.05) is 39.8 Å². The summed E-state index contributed by atoms with van der Waals surface area (Å²) in [7, 11) is 2.09. The van der Waals surface area contributed by atoms with Gasteiger partial charge in [0.1, 0.15) is 0 Å². The van der Waals surface area contributed by atoms with E-state index in [0.29, 0.717) is 24.3 Å². The van der Waals surface area contributed by atoms with Crippen molar-refractivity contribution in [1.29, 1.82) is 0 Å². The summed E-state index contributed by atoms with van der Waals surface area (Å²) in [4.78, 5) is 16.7. The predicted molar refractivity (Wildman–Crippen MR) is 68.5 cm³/mol. The zero-order valence-corrected chi connectivity index (χ0v) is 11.1. The molecule has 0 saturated carbocycles. The molecule has 2 N–H and O–H groups in total. The Morgan fingerprint density at radius 2 is 2.06 bits per heavy atom. The van der Waals surface area contributed by atoms with Gasteiger partial charge in [0.15, 0.2) is 0 Å². The Labute approximate surface area is 104 Å². The van der Waals surface area contributed by atoms with Gasteiger partial charge in [0, 0.05) is 19.6 Å². The molecule has 3 atom stereocenters. The van der Waals surface area contributed by atoms with Gasteiger partial charge in [-0.15, -0.1) is 0 Å². The van der Waals surface area contributed by atoms with Crippen molar-refractivity contribution >= 4 is 5.91 Å². The van der Waals surface area contributed by atoms with Crippen LogP contribution in [0.2, 0.25) is 0 Å². The lowest BCUT2D eigenvalue weighted by molar-refractivity contribution is -0.137. The zero-order chi connectivity index (χ0) is 12.4. The summed E-state index contributed by atoms with van der Waals surface area (Å²) in [6.45, 7) is 6.74. The maximum atomic E-state index is 12.4. The maximum absolute atomic E-state index is 12.4. The quantitative estimate of drug-likeness (QED) is 0.758. The monoisotopic (exact) mass is 239 g/mol. The van der Waals surface area contributed by atoms with Gasteiger partial charge in [-0.25, -0.2) is 0 Å². The summed E-state index contributed by atoms with van der Waals surface area (Å²) in [5.41, 5.74) is 5.79. The average Bonchev–Trinajstić information content (AvgIpc) is 2.75. The summed E-state index contributed by atoms with van der Waals surface area (Å²) >= 11 is 0. The molecule has 0 aromatic rings. The van der Waals surface area contributed by atoms with E-state index < -0.39 is 0 Å². The van der Waals surface area contributed by atoms with Gasteiger partial charge in [-0.1, -0.05) is 6.92 Å². The molecular formula is C13H25N3O. The van der Waals surface area contributed by atoms with E-state index in [1.54, 1.807) is 0 Å². The smallest absolute Gasteiger partial charge is 0.227 e. The number of rotatable bonds is 2. The lowest BCUT2D eigenvalue weighted by Crippen LogP contribution is -2.47. The fourth-order valence-corrected chi connectivity index (χ4v) is 3.05. The van der Waals surface area contributed by atoms with Crippen LogP contribution in [0.4, 0.5) is 0 Å². The molecule has 2 rings (SSSR count). The summed E-state index contributed by atoms with van der Waals surface area (Å²) < 4.78 is 0. The molecule has 0 aromatic carbocycles. The van der Waals surface area contributed by atoms with Crippen LogP contribution in [-0.2, 0) is 4.79 Å². The Hall–Kier alpha value is -0.610. The van der Waals surface area contributed by atoms with E-state index in [0.717, 1.165) is 39.0 Å². The van der Waals surface area contributed by atoms with Crippen LogP contribution >= 0.6 is 0 Å². The predicted octanol–water partition coefficient (Wildman–Crippen LogP) is 0.381. The molecule has 2 fully saturated rings. The van der Waals surface area contributed by atoms with Crippen molar-refractivity contribution in [1.82, 2.24) is 9.80 Å². The second-order valence-electron chi connectivity index (χ2n) is 5.79. The summed E-state index contributed by atoms with van der Waals surface area (Å²) in [5.74, 6) is 1.74. The molecule has 2 heterocycles. The highest BCUT2D eigenvalue weighted by Crippen LogP contribution is 2.25. The molecule has 4 nitrogen and oxygen atoms in total. The Morgan fingerprint density at radius 1 is 1.29 bits per heavy atom. The third-order valence-electron chi connectivity index (χ3n) is 4.47. The molecule has 2 saturated heterocycles. The second kappa shape index (κ2) is 5.36. The van der Waals surface area contributed by atoms with Gasteiger partial charge in [-0.05, 0) is 44.8 Å². The van der Waals surface area contributed by atoms with Crippen LogP contribution in [0.25, 0.3) is 0 Å². The Morgan fingerprint density at radius 3 is 2.65 bits per heavy atom. The van der Waals surface area contributed by atoms with Crippen molar-refractivity contribution in [3.05, 3.63) is 0 Å². The molecule has 0 spiro atoms. The molecule has 1 amide bonds. The van der Waals surface area contributed by atoms with Crippen LogP contribution in [0, 0.1) is 17.8 Å². The standard InChI is InChI=1S/C13H25N3O/c1-10-3-6-16(9-12(10)7-14)13(17)11-4-5-15(2)8-11/h10-12H,3-9,14H2,1-2H3. The average molecular weight is 239 g/mol. The first-order valence-corrected chi connectivity index (χ1v) is 6.79. The first-order valence-electron chi connectivity index (χ1n) is 6.79. The highest BCUT2D eigenvalue weighted by molar-refractivity contribution is 5.79. The van der Waals surface area contributed by atoms with Crippen LogP contribution in [0.1, 0.15) is 19.8 Å². The number of nitrogens with two attached hydrogens (primary N) is 1. The number of carbonyl (C=O) groups is 1. The van der Waals surface area contributed by atoms with Crippen LogP contribution in [0.3, 0.4) is 0 Å². The third kappa shape index (κ3) is 2.80. The molecule has 2 aliphatic heterocycles. The van der Waals surface area contributed by atoms with E-state index in [4.69, 9.17) is 5.73 Å². The van der Waals surface area contributed by atoms with Crippen LogP contribution in [-0.4, -0.2) is 55.5 Å². The summed E-state index contributed by atoms with van der Waals surface area (Å²) in [6.07, 6.45) is 2.13. The topological polar surface area (TPSA) is 49.6 Å². The largest absolute Gasteiger partial charge is 0.342 e. The van der Waals surface area contributed by atoms with Crippen molar-refractivity contribution in [2.24, 2.45) is 23.5 Å². The number of piperidine rings is 1. The van der Waals surface area contributed by atoms with Crippen molar-refractivity contribution in [3.8, 4) is 0 Å². The summed E-state index contributed by atoms with van der Waals surface area (Å²) in [5, 5.41) is 0. The number of carbonyl (C=O) groups excluding carboxylic acids is 1. The zero-order valence-electron chi connectivity index (χ0n) is 11.1. The molecule has 4 heteroatoms. The lowest BCUT2D eigenvalue weighted by atomic mass is 9.86. The number of hydrogen-bond donors (Lipinski definition) is 1. The fourth-order valence-electron chi connectivity index (χ4n) is 3.05. The second-order valence-corrected chi connectivity index (χ2v) is 5.79. The molecular weight excluding hydrogens is 214 g/mol. The van der Waals surface area contributed by atoms with Crippen LogP contribution < -0.4 is 5.73 Å². The van der Waals surface area contributed by atoms with E-state index in [-0.39, 0.29) is 5.92 Å². The minimum absolute atomic E-state index is 0.229. The number of likely N-dealkylation sites (tertiary alicyclic amines) is 2. The molecule has 3 unspecified atom stereocenters. The number of amides is 1. The molecule has 0 aromatic heterocycles. The van der Waals surface area contributed by atoms with E-state index in [2.05, 4.69) is 23.8 Å². The van der Waals surface area contributed by atoms with E-state index in [1.807, 2.05) is 0 Å². The third-order valence-corrected chi connectivity index (χ3v) is 4.47. The van der Waals surface area contributed by atoms with E-state index in [1.165, 1.54) is 0 Å². The SMILES string of the molecule is CC1CCN(C(=O)C2CCN(C)C2)CC1CN. The Kier molecular flexibility index (Phi) is 4.05. The fraction of sp³-hybridized carbons (Fsp3) is 0.923. The van der Waals surface area contributed by atoms with Crippen LogP contribution in [0.5, 0.6) is 0 Å². The van der Waals surface area contributed by atoms with Gasteiger partial charge in [-0.2, -0.15) is 0 Å². The highest BCUT2D eigenvalue weighted by Gasteiger charge is 2.33. The Bertz CT molecular complexity index is 282. The highest BCUT2D eigenvalue weighted by atomic mass is 16.2. The van der Waals surface area contributed by atoms with Crippen molar-refractivity contribution in [3.63, 3.8) is 0 Å². The van der Waals surface area contributed by atoms with Gasteiger partial charge in [-0.3, -0.25) is 4.79 Å². The normalized spacial score (nSPS) is 35.2. The Balaban J connectivity index is 1.91. The van der Waals surface area contributed by atoms with E-state index >= 15 is 0 Å². The molecule has 0 radical (unpaired) electrons. The molecule has 2 aliphatic rings. The molecule has 98 valence electrons. The van der Waals surface area contributed by atoms with Gasteiger partial charge in [0.2, 0.25) is 5.91 Å². The first kappa shape index (κ1) is 12.8. The summed E-state index contributed by atoms with van der Waals surface area (Å²) in [6, 6.07) is 0. The van der Waals surface area contributed by atoms with Gasteiger partial charge in [0.25, 0.3) is 0 Å². The molecule has 0 bridgehead atoms. The minimum Gasteiger partial charge on any atom is -0.342 e. The molecule has 17 heavy (non-hydrogen) atoms. The van der Waals surface area contributed by atoms with Crippen LogP contribution in [0.15, 0.2) is 0 Å². The first-order chi connectivity index (χ1) is 8.11. The van der Waals surface area contributed by atoms with Crippen molar-refractivity contribution < 1.29 is 4.79 Å².